The van der Waals surface area contributed by atoms with Gasteiger partial charge in [0.15, 0.2) is 0 Å². The zero-order chi connectivity index (χ0) is 16.7. The average molecular weight is 313 g/mol. The number of hydrogen-bond donors (Lipinski definition) is 3. The van der Waals surface area contributed by atoms with Crippen LogP contribution in [-0.2, 0) is 16.8 Å². The molecule has 2 rings (SSSR count). The van der Waals surface area contributed by atoms with Crippen molar-refractivity contribution in [1.29, 1.82) is 0 Å². The monoisotopic (exact) mass is 313 g/mol. The molecule has 2 aromatic carbocycles. The van der Waals surface area contributed by atoms with Crippen LogP contribution in [0.5, 0.6) is 0 Å². The molecular formula is C19H23NO3. The Hall–Kier alpha value is -2.17. The summed E-state index contributed by atoms with van der Waals surface area (Å²) >= 11 is 0. The molecule has 2 unspecified atom stereocenters. The van der Waals surface area contributed by atoms with Gasteiger partial charge in [0.05, 0.1) is 18.1 Å². The lowest BCUT2D eigenvalue weighted by molar-refractivity contribution is -0.126. The minimum absolute atomic E-state index is 0.0466. The summed E-state index contributed by atoms with van der Waals surface area (Å²) in [5.41, 5.74) is 0.487. The number of carbonyl (C=O) groups is 1. The summed E-state index contributed by atoms with van der Waals surface area (Å²) in [5.74, 6) is -0.286. The Labute approximate surface area is 136 Å². The Morgan fingerprint density at radius 3 is 2.26 bits per heavy atom. The van der Waals surface area contributed by atoms with Crippen LogP contribution in [0.2, 0.25) is 0 Å². The van der Waals surface area contributed by atoms with Crippen molar-refractivity contribution in [3.05, 3.63) is 71.8 Å². The fourth-order valence-electron chi connectivity index (χ4n) is 2.46. The first-order valence-corrected chi connectivity index (χ1v) is 7.74. The van der Waals surface area contributed by atoms with Crippen LogP contribution in [-0.4, -0.2) is 28.8 Å². The summed E-state index contributed by atoms with van der Waals surface area (Å²) < 4.78 is 0. The molecule has 2 atom stereocenters. The summed E-state index contributed by atoms with van der Waals surface area (Å²) in [6.45, 7) is 1.78. The van der Waals surface area contributed by atoms with Gasteiger partial charge in [0.1, 0.15) is 0 Å². The van der Waals surface area contributed by atoms with Crippen molar-refractivity contribution in [2.24, 2.45) is 0 Å². The smallest absolute Gasteiger partial charge is 0.223 e. The van der Waals surface area contributed by atoms with E-state index in [1.54, 1.807) is 19.1 Å². The van der Waals surface area contributed by atoms with Crippen LogP contribution in [0.3, 0.4) is 0 Å². The minimum atomic E-state index is -1.23. The van der Waals surface area contributed by atoms with Crippen molar-refractivity contribution in [2.75, 3.05) is 6.54 Å². The molecule has 0 aliphatic rings. The van der Waals surface area contributed by atoms with Gasteiger partial charge >= 0.3 is 0 Å². The summed E-state index contributed by atoms with van der Waals surface area (Å²) in [7, 11) is 0. The predicted octanol–water partition coefficient (Wildman–Crippen LogP) is 2.00. The molecule has 0 bridgehead atoms. The molecule has 0 saturated carbocycles. The molecule has 0 heterocycles. The van der Waals surface area contributed by atoms with Gasteiger partial charge < -0.3 is 15.5 Å². The summed E-state index contributed by atoms with van der Waals surface area (Å²) in [5, 5.41) is 23.1. The second kappa shape index (κ2) is 7.90. The van der Waals surface area contributed by atoms with Gasteiger partial charge in [-0.25, -0.2) is 0 Å². The van der Waals surface area contributed by atoms with E-state index >= 15 is 0 Å². The number of nitrogens with one attached hydrogen (secondary N) is 1. The van der Waals surface area contributed by atoms with Crippen LogP contribution in [0.4, 0.5) is 0 Å². The molecule has 0 radical (unpaired) electrons. The Bertz CT molecular complexity index is 611. The van der Waals surface area contributed by atoms with Crippen molar-refractivity contribution < 1.29 is 15.0 Å². The van der Waals surface area contributed by atoms with E-state index in [1.165, 1.54) is 0 Å². The third kappa shape index (κ3) is 5.51. The number of carbonyl (C=O) groups excluding carboxylic acids is 1. The molecule has 0 spiro atoms. The maximum absolute atomic E-state index is 12.0. The molecule has 4 heteroatoms. The molecule has 1 amide bonds. The van der Waals surface area contributed by atoms with E-state index in [9.17, 15) is 15.0 Å². The predicted molar refractivity (Wildman–Crippen MR) is 89.8 cm³/mol. The van der Waals surface area contributed by atoms with E-state index in [0.717, 1.165) is 5.56 Å². The molecule has 0 aliphatic heterocycles. The number of amides is 1. The fourth-order valence-corrected chi connectivity index (χ4v) is 2.46. The first-order valence-electron chi connectivity index (χ1n) is 7.74. The third-order valence-corrected chi connectivity index (χ3v) is 3.75. The van der Waals surface area contributed by atoms with Gasteiger partial charge in [-0.2, -0.15) is 0 Å². The van der Waals surface area contributed by atoms with Crippen LogP contribution >= 0.6 is 0 Å². The highest BCUT2D eigenvalue weighted by Crippen LogP contribution is 2.23. The van der Waals surface area contributed by atoms with Gasteiger partial charge in [0.25, 0.3) is 0 Å². The van der Waals surface area contributed by atoms with Gasteiger partial charge in [-0.05, 0) is 18.1 Å². The molecule has 3 N–H and O–H groups in total. The number of rotatable bonds is 7. The maximum atomic E-state index is 12.0. The molecular weight excluding hydrogens is 290 g/mol. The second-order valence-electron chi connectivity index (χ2n) is 5.96. The maximum Gasteiger partial charge on any atom is 0.223 e. The summed E-state index contributed by atoms with van der Waals surface area (Å²) in [4.78, 5) is 12.0. The average Bonchev–Trinajstić information content (AvgIpc) is 2.54. The van der Waals surface area contributed by atoms with E-state index in [4.69, 9.17) is 0 Å². The second-order valence-corrected chi connectivity index (χ2v) is 5.96. The van der Waals surface area contributed by atoms with Crippen LogP contribution in [0.15, 0.2) is 60.7 Å². The van der Waals surface area contributed by atoms with Crippen LogP contribution in [0.25, 0.3) is 0 Å². The topological polar surface area (TPSA) is 69.6 Å². The van der Waals surface area contributed by atoms with E-state index in [0.29, 0.717) is 12.0 Å². The zero-order valence-electron chi connectivity index (χ0n) is 13.3. The van der Waals surface area contributed by atoms with Crippen molar-refractivity contribution in [2.45, 2.75) is 31.5 Å². The SMILES string of the molecule is CC(O)(CC(=O)NCC(O)Cc1ccccc1)c1ccccc1. The molecule has 2 aromatic rings. The van der Waals surface area contributed by atoms with Crippen molar-refractivity contribution in [1.82, 2.24) is 5.32 Å². The zero-order valence-corrected chi connectivity index (χ0v) is 13.3. The molecule has 4 nitrogen and oxygen atoms in total. The standard InChI is InChI=1S/C19H23NO3/c1-19(23,16-10-6-3-7-11-16)13-18(22)20-14-17(21)12-15-8-4-2-5-9-15/h2-11,17,21,23H,12-14H2,1H3,(H,20,22). The Kier molecular flexibility index (Phi) is 5.90. The number of hydrogen-bond acceptors (Lipinski definition) is 3. The fraction of sp³-hybridized carbons (Fsp3) is 0.316. The van der Waals surface area contributed by atoms with Crippen molar-refractivity contribution in [3.63, 3.8) is 0 Å². The van der Waals surface area contributed by atoms with Gasteiger partial charge in [-0.15, -0.1) is 0 Å². The van der Waals surface area contributed by atoms with Crippen LogP contribution in [0.1, 0.15) is 24.5 Å². The summed E-state index contributed by atoms with van der Waals surface area (Å²) in [6, 6.07) is 18.7. The number of benzene rings is 2. The quantitative estimate of drug-likeness (QED) is 0.732. The third-order valence-electron chi connectivity index (χ3n) is 3.75. The molecule has 0 aliphatic carbocycles. The normalized spacial score (nSPS) is 14.7. The van der Waals surface area contributed by atoms with E-state index in [1.807, 2.05) is 48.5 Å². The molecule has 0 aromatic heterocycles. The highest BCUT2D eigenvalue weighted by Gasteiger charge is 2.26. The lowest BCUT2D eigenvalue weighted by Gasteiger charge is -2.23. The summed E-state index contributed by atoms with van der Waals surface area (Å²) in [6.07, 6.45) is -0.214. The first kappa shape index (κ1) is 17.2. The number of aliphatic hydroxyl groups excluding tert-OH is 1. The van der Waals surface area contributed by atoms with E-state index < -0.39 is 11.7 Å². The highest BCUT2D eigenvalue weighted by molar-refractivity contribution is 5.77. The van der Waals surface area contributed by atoms with E-state index in [2.05, 4.69) is 5.32 Å². The van der Waals surface area contributed by atoms with Gasteiger partial charge in [-0.1, -0.05) is 60.7 Å². The van der Waals surface area contributed by atoms with Crippen LogP contribution < -0.4 is 5.32 Å². The van der Waals surface area contributed by atoms with Crippen molar-refractivity contribution in [3.8, 4) is 0 Å². The Morgan fingerprint density at radius 2 is 1.65 bits per heavy atom. The Balaban J connectivity index is 1.80. The van der Waals surface area contributed by atoms with Crippen molar-refractivity contribution >= 4 is 5.91 Å². The van der Waals surface area contributed by atoms with E-state index in [-0.39, 0.29) is 18.9 Å². The minimum Gasteiger partial charge on any atom is -0.391 e. The largest absolute Gasteiger partial charge is 0.391 e. The lowest BCUT2D eigenvalue weighted by atomic mass is 9.92. The number of aliphatic hydroxyl groups is 2. The van der Waals surface area contributed by atoms with Crippen LogP contribution in [0, 0.1) is 0 Å². The van der Waals surface area contributed by atoms with Gasteiger partial charge in [0, 0.05) is 13.0 Å². The van der Waals surface area contributed by atoms with Gasteiger partial charge in [0.2, 0.25) is 5.91 Å². The molecule has 122 valence electrons. The molecule has 0 fully saturated rings. The lowest BCUT2D eigenvalue weighted by Crippen LogP contribution is -2.37. The Morgan fingerprint density at radius 1 is 1.09 bits per heavy atom. The molecule has 0 saturated heterocycles. The first-order chi connectivity index (χ1) is 11.0. The highest BCUT2D eigenvalue weighted by atomic mass is 16.3. The van der Waals surface area contributed by atoms with Gasteiger partial charge in [-0.3, -0.25) is 4.79 Å². The molecule has 23 heavy (non-hydrogen) atoms.